The Morgan fingerprint density at radius 1 is 1.33 bits per heavy atom. The SMILES string of the molecule is N#Cc1ccc2c(c1)CN(C(=O)C(F)(F)F)CC2. The molecule has 0 spiro atoms. The van der Waals surface area contributed by atoms with E-state index in [1.165, 1.54) is 6.07 Å². The molecule has 0 bridgehead atoms. The summed E-state index contributed by atoms with van der Waals surface area (Å²) < 4.78 is 36.9. The Morgan fingerprint density at radius 3 is 2.67 bits per heavy atom. The van der Waals surface area contributed by atoms with E-state index >= 15 is 0 Å². The van der Waals surface area contributed by atoms with Gasteiger partial charge in [0.05, 0.1) is 11.6 Å². The van der Waals surface area contributed by atoms with Gasteiger partial charge in [0.25, 0.3) is 0 Å². The molecule has 0 atom stereocenters. The van der Waals surface area contributed by atoms with E-state index in [1.807, 2.05) is 6.07 Å². The van der Waals surface area contributed by atoms with E-state index in [9.17, 15) is 18.0 Å². The van der Waals surface area contributed by atoms with E-state index in [4.69, 9.17) is 5.26 Å². The van der Waals surface area contributed by atoms with Crippen LogP contribution in [0.5, 0.6) is 0 Å². The van der Waals surface area contributed by atoms with E-state index in [2.05, 4.69) is 0 Å². The third-order valence-electron chi connectivity index (χ3n) is 2.88. The average molecular weight is 254 g/mol. The van der Waals surface area contributed by atoms with Crippen molar-refractivity contribution in [2.24, 2.45) is 0 Å². The lowest BCUT2D eigenvalue weighted by molar-refractivity contribution is -0.186. The number of hydrogen-bond acceptors (Lipinski definition) is 2. The minimum absolute atomic E-state index is 0.0528. The summed E-state index contributed by atoms with van der Waals surface area (Å²) in [6, 6.07) is 6.81. The molecule has 0 aliphatic carbocycles. The minimum atomic E-state index is -4.84. The van der Waals surface area contributed by atoms with Crippen LogP contribution in [0.15, 0.2) is 18.2 Å². The monoisotopic (exact) mass is 254 g/mol. The average Bonchev–Trinajstić information content (AvgIpc) is 2.35. The Morgan fingerprint density at radius 2 is 2.06 bits per heavy atom. The van der Waals surface area contributed by atoms with Crippen LogP contribution in [-0.4, -0.2) is 23.5 Å². The van der Waals surface area contributed by atoms with Crippen molar-refractivity contribution in [3.05, 3.63) is 34.9 Å². The number of hydrogen-bond donors (Lipinski definition) is 0. The zero-order chi connectivity index (χ0) is 13.3. The second-order valence-electron chi connectivity index (χ2n) is 4.07. The van der Waals surface area contributed by atoms with Crippen molar-refractivity contribution >= 4 is 5.91 Å². The van der Waals surface area contributed by atoms with E-state index in [0.717, 1.165) is 10.5 Å². The molecule has 2 rings (SSSR count). The molecule has 1 aromatic carbocycles. The van der Waals surface area contributed by atoms with Gasteiger partial charge < -0.3 is 4.90 Å². The molecule has 1 aliphatic heterocycles. The van der Waals surface area contributed by atoms with Crippen LogP contribution in [0.25, 0.3) is 0 Å². The first-order valence-electron chi connectivity index (χ1n) is 5.30. The predicted octanol–water partition coefficient (Wildman–Crippen LogP) is 2.01. The van der Waals surface area contributed by atoms with Gasteiger partial charge in [-0.15, -0.1) is 0 Å². The lowest BCUT2D eigenvalue weighted by atomic mass is 9.97. The topological polar surface area (TPSA) is 44.1 Å². The first-order chi connectivity index (χ1) is 8.41. The highest BCUT2D eigenvalue weighted by Crippen LogP contribution is 2.25. The fourth-order valence-electron chi connectivity index (χ4n) is 1.98. The fraction of sp³-hybridized carbons (Fsp3) is 0.333. The molecule has 1 aliphatic rings. The maximum absolute atomic E-state index is 12.3. The van der Waals surface area contributed by atoms with Crippen molar-refractivity contribution in [2.45, 2.75) is 19.1 Å². The minimum Gasteiger partial charge on any atom is -0.330 e. The van der Waals surface area contributed by atoms with Crippen molar-refractivity contribution in [3.8, 4) is 6.07 Å². The summed E-state index contributed by atoms with van der Waals surface area (Å²) in [5.41, 5.74) is 1.88. The van der Waals surface area contributed by atoms with Crippen LogP contribution in [0, 0.1) is 11.3 Å². The second kappa shape index (κ2) is 4.33. The largest absolute Gasteiger partial charge is 0.471 e. The number of alkyl halides is 3. The fourth-order valence-corrected chi connectivity index (χ4v) is 1.98. The summed E-state index contributed by atoms with van der Waals surface area (Å²) in [7, 11) is 0. The van der Waals surface area contributed by atoms with Gasteiger partial charge in [0.15, 0.2) is 0 Å². The zero-order valence-electron chi connectivity index (χ0n) is 9.29. The van der Waals surface area contributed by atoms with E-state index < -0.39 is 12.1 Å². The Labute approximate surface area is 101 Å². The van der Waals surface area contributed by atoms with Gasteiger partial charge in [0.1, 0.15) is 0 Å². The van der Waals surface area contributed by atoms with E-state index in [0.29, 0.717) is 17.5 Å². The summed E-state index contributed by atoms with van der Waals surface area (Å²) in [6.07, 6.45) is -4.47. The molecule has 0 saturated heterocycles. The van der Waals surface area contributed by atoms with Gasteiger partial charge in [-0.1, -0.05) is 6.07 Å². The maximum atomic E-state index is 12.3. The van der Waals surface area contributed by atoms with Crippen LogP contribution in [-0.2, 0) is 17.8 Å². The smallest absolute Gasteiger partial charge is 0.330 e. The molecule has 6 heteroatoms. The standard InChI is InChI=1S/C12H9F3N2O/c13-12(14,15)11(18)17-4-3-9-2-1-8(6-16)5-10(9)7-17/h1-2,5H,3-4,7H2. The van der Waals surface area contributed by atoms with Crippen molar-refractivity contribution in [2.75, 3.05) is 6.54 Å². The lowest BCUT2D eigenvalue weighted by Crippen LogP contribution is -2.43. The number of amides is 1. The van der Waals surface area contributed by atoms with Crippen LogP contribution in [0.3, 0.4) is 0 Å². The molecule has 0 aromatic heterocycles. The van der Waals surface area contributed by atoms with Crippen molar-refractivity contribution in [1.82, 2.24) is 4.90 Å². The summed E-state index contributed by atoms with van der Waals surface area (Å²) >= 11 is 0. The quantitative estimate of drug-likeness (QED) is 0.710. The number of halogens is 3. The molecule has 94 valence electrons. The van der Waals surface area contributed by atoms with Gasteiger partial charge >= 0.3 is 12.1 Å². The molecule has 0 radical (unpaired) electrons. The van der Waals surface area contributed by atoms with Gasteiger partial charge in [-0.2, -0.15) is 18.4 Å². The van der Waals surface area contributed by atoms with Crippen LogP contribution in [0.2, 0.25) is 0 Å². The maximum Gasteiger partial charge on any atom is 0.471 e. The highest BCUT2D eigenvalue weighted by Gasteiger charge is 2.43. The summed E-state index contributed by atoms with van der Waals surface area (Å²) in [6.45, 7) is -0.0412. The molecule has 1 amide bonds. The van der Waals surface area contributed by atoms with Gasteiger partial charge in [-0.3, -0.25) is 4.79 Å². The summed E-state index contributed by atoms with van der Waals surface area (Å²) in [5.74, 6) is -1.82. The Hall–Kier alpha value is -2.03. The van der Waals surface area contributed by atoms with Crippen LogP contribution < -0.4 is 0 Å². The first kappa shape index (κ1) is 12.4. The third kappa shape index (κ3) is 2.30. The number of carbonyl (C=O) groups excluding carboxylic acids is 1. The number of nitriles is 1. The molecular weight excluding hydrogens is 245 g/mol. The number of benzene rings is 1. The molecule has 1 heterocycles. The molecule has 0 fully saturated rings. The highest BCUT2D eigenvalue weighted by molar-refractivity contribution is 5.82. The van der Waals surface area contributed by atoms with Crippen molar-refractivity contribution in [1.29, 1.82) is 5.26 Å². The molecular formula is C12H9F3N2O. The van der Waals surface area contributed by atoms with Gasteiger partial charge in [0, 0.05) is 13.1 Å². The van der Waals surface area contributed by atoms with Gasteiger partial charge in [-0.05, 0) is 29.7 Å². The molecule has 18 heavy (non-hydrogen) atoms. The Balaban J connectivity index is 2.24. The highest BCUT2D eigenvalue weighted by atomic mass is 19.4. The van der Waals surface area contributed by atoms with Gasteiger partial charge in [-0.25, -0.2) is 0 Å². The Bertz CT molecular complexity index is 531. The first-order valence-corrected chi connectivity index (χ1v) is 5.30. The van der Waals surface area contributed by atoms with Gasteiger partial charge in [0.2, 0.25) is 0 Å². The lowest BCUT2D eigenvalue weighted by Gasteiger charge is -2.29. The van der Waals surface area contributed by atoms with Crippen LogP contribution >= 0.6 is 0 Å². The molecule has 1 aromatic rings. The molecule has 3 nitrogen and oxygen atoms in total. The zero-order valence-corrected chi connectivity index (χ0v) is 9.29. The van der Waals surface area contributed by atoms with E-state index in [-0.39, 0.29) is 13.1 Å². The summed E-state index contributed by atoms with van der Waals surface area (Å²) in [4.78, 5) is 11.9. The van der Waals surface area contributed by atoms with E-state index in [1.54, 1.807) is 12.1 Å². The molecule has 0 N–H and O–H groups in total. The normalized spacial score (nSPS) is 14.9. The predicted molar refractivity (Wildman–Crippen MR) is 56.3 cm³/mol. The Kier molecular flexibility index (Phi) is 2.99. The summed E-state index contributed by atoms with van der Waals surface area (Å²) in [5, 5.41) is 8.73. The number of rotatable bonds is 0. The molecule has 0 saturated carbocycles. The molecule has 0 unspecified atom stereocenters. The van der Waals surface area contributed by atoms with Crippen LogP contribution in [0.4, 0.5) is 13.2 Å². The second-order valence-corrected chi connectivity index (χ2v) is 4.07. The van der Waals surface area contributed by atoms with Crippen molar-refractivity contribution in [3.63, 3.8) is 0 Å². The third-order valence-corrected chi connectivity index (χ3v) is 2.88. The number of fused-ring (bicyclic) bond motifs is 1. The van der Waals surface area contributed by atoms with Crippen molar-refractivity contribution < 1.29 is 18.0 Å². The number of nitrogens with zero attached hydrogens (tertiary/aromatic N) is 2. The number of carbonyl (C=O) groups is 1. The van der Waals surface area contributed by atoms with Crippen LogP contribution in [0.1, 0.15) is 16.7 Å².